The highest BCUT2D eigenvalue weighted by Gasteiger charge is 2.31. The van der Waals surface area contributed by atoms with E-state index in [2.05, 4.69) is 58.7 Å². The Labute approximate surface area is 138 Å². The van der Waals surface area contributed by atoms with Gasteiger partial charge in [0.25, 0.3) is 0 Å². The molecule has 1 atom stereocenters. The second-order valence-corrected chi connectivity index (χ2v) is 7.72. The van der Waals surface area contributed by atoms with Crippen LogP contribution in [0.3, 0.4) is 0 Å². The molecule has 1 heterocycles. The Bertz CT molecular complexity index is 433. The molecule has 0 bridgehead atoms. The summed E-state index contributed by atoms with van der Waals surface area (Å²) in [5.74, 6) is 1.63. The van der Waals surface area contributed by atoms with E-state index in [0.29, 0.717) is 12.1 Å². The minimum absolute atomic E-state index is 0.403. The van der Waals surface area contributed by atoms with Gasteiger partial charge in [-0.1, -0.05) is 26.7 Å². The molecule has 1 unspecified atom stereocenters. The van der Waals surface area contributed by atoms with Gasteiger partial charge >= 0.3 is 0 Å². The monoisotopic (exact) mass is 355 g/mol. The van der Waals surface area contributed by atoms with Gasteiger partial charge in [-0.3, -0.25) is 4.68 Å². The molecule has 2 rings (SSSR count). The van der Waals surface area contributed by atoms with Crippen molar-refractivity contribution in [2.75, 3.05) is 6.54 Å². The zero-order valence-corrected chi connectivity index (χ0v) is 15.5. The molecule has 1 N–H and O–H groups in total. The lowest BCUT2D eigenvalue weighted by molar-refractivity contribution is 0.222. The van der Waals surface area contributed by atoms with Crippen LogP contribution in [0.5, 0.6) is 0 Å². The van der Waals surface area contributed by atoms with Crippen LogP contribution in [0, 0.1) is 11.8 Å². The van der Waals surface area contributed by atoms with Crippen molar-refractivity contribution in [1.29, 1.82) is 0 Å². The molecule has 21 heavy (non-hydrogen) atoms. The number of nitrogens with one attached hydrogen (secondary N) is 1. The fraction of sp³-hybridized carbons (Fsp3) is 0.824. The molecule has 0 amide bonds. The summed E-state index contributed by atoms with van der Waals surface area (Å²) >= 11 is 3.73. The fourth-order valence-corrected chi connectivity index (χ4v) is 3.98. The third kappa shape index (κ3) is 4.10. The predicted octanol–water partition coefficient (Wildman–Crippen LogP) is 5.09. The Morgan fingerprint density at radius 1 is 1.33 bits per heavy atom. The van der Waals surface area contributed by atoms with Crippen molar-refractivity contribution >= 4 is 15.9 Å². The van der Waals surface area contributed by atoms with Crippen LogP contribution in [0.1, 0.15) is 77.6 Å². The Kier molecular flexibility index (Phi) is 6.30. The summed E-state index contributed by atoms with van der Waals surface area (Å²) in [6.45, 7) is 10.1. The zero-order valence-electron chi connectivity index (χ0n) is 13.9. The van der Waals surface area contributed by atoms with Crippen LogP contribution < -0.4 is 5.32 Å². The van der Waals surface area contributed by atoms with E-state index in [1.165, 1.54) is 37.8 Å². The van der Waals surface area contributed by atoms with Gasteiger partial charge in [0.05, 0.1) is 22.4 Å². The summed E-state index contributed by atoms with van der Waals surface area (Å²) in [5, 5.41) is 8.39. The summed E-state index contributed by atoms with van der Waals surface area (Å²) in [7, 11) is 0. The van der Waals surface area contributed by atoms with Crippen LogP contribution in [-0.4, -0.2) is 16.3 Å². The van der Waals surface area contributed by atoms with Gasteiger partial charge in [0.15, 0.2) is 0 Å². The minimum Gasteiger partial charge on any atom is -0.308 e. The third-order valence-corrected chi connectivity index (χ3v) is 5.33. The number of halogens is 1. The van der Waals surface area contributed by atoms with Crippen LogP contribution in [-0.2, 0) is 0 Å². The van der Waals surface area contributed by atoms with Gasteiger partial charge in [0.1, 0.15) is 0 Å². The molecule has 1 aliphatic rings. The molecule has 0 aromatic carbocycles. The standard InChI is InChI=1S/C17H30BrN3/c1-5-10-19-16(14-8-6-13(4)7-9-14)17-15(18)11-20-21(17)12(2)3/h11-14,16,19H,5-10H2,1-4H3. The Hall–Kier alpha value is -0.350. The van der Waals surface area contributed by atoms with Crippen molar-refractivity contribution in [3.63, 3.8) is 0 Å². The number of hydrogen-bond donors (Lipinski definition) is 1. The highest BCUT2D eigenvalue weighted by molar-refractivity contribution is 9.10. The van der Waals surface area contributed by atoms with E-state index in [1.807, 2.05) is 6.20 Å². The summed E-state index contributed by atoms with van der Waals surface area (Å²) in [6, 6.07) is 0.830. The molecule has 0 aliphatic heterocycles. The van der Waals surface area contributed by atoms with Crippen molar-refractivity contribution in [3.8, 4) is 0 Å². The first kappa shape index (κ1) is 17.0. The van der Waals surface area contributed by atoms with Crippen LogP contribution >= 0.6 is 15.9 Å². The number of nitrogens with zero attached hydrogens (tertiary/aromatic N) is 2. The largest absolute Gasteiger partial charge is 0.308 e. The van der Waals surface area contributed by atoms with Crippen LogP contribution in [0.25, 0.3) is 0 Å². The maximum absolute atomic E-state index is 4.58. The average molecular weight is 356 g/mol. The molecule has 3 nitrogen and oxygen atoms in total. The van der Waals surface area contributed by atoms with Gasteiger partial charge in [0, 0.05) is 6.04 Å². The van der Waals surface area contributed by atoms with E-state index >= 15 is 0 Å². The molecular weight excluding hydrogens is 326 g/mol. The minimum atomic E-state index is 0.403. The van der Waals surface area contributed by atoms with Crippen LogP contribution in [0.15, 0.2) is 10.7 Å². The van der Waals surface area contributed by atoms with Crippen LogP contribution in [0.2, 0.25) is 0 Å². The zero-order chi connectivity index (χ0) is 15.4. The van der Waals surface area contributed by atoms with E-state index in [-0.39, 0.29) is 0 Å². The average Bonchev–Trinajstić information content (AvgIpc) is 2.83. The molecule has 1 saturated carbocycles. The van der Waals surface area contributed by atoms with Gasteiger partial charge in [-0.15, -0.1) is 0 Å². The van der Waals surface area contributed by atoms with Crippen molar-refractivity contribution in [2.45, 2.75) is 71.9 Å². The lowest BCUT2D eigenvalue weighted by atomic mass is 9.78. The summed E-state index contributed by atoms with van der Waals surface area (Å²) in [4.78, 5) is 0. The Balaban J connectivity index is 2.25. The predicted molar refractivity (Wildman–Crippen MR) is 92.5 cm³/mol. The molecule has 0 spiro atoms. The molecule has 1 aromatic heterocycles. The van der Waals surface area contributed by atoms with E-state index in [0.717, 1.165) is 22.9 Å². The molecular formula is C17H30BrN3. The van der Waals surface area contributed by atoms with Gasteiger partial charge in [-0.2, -0.15) is 5.10 Å². The van der Waals surface area contributed by atoms with Crippen molar-refractivity contribution < 1.29 is 0 Å². The number of aromatic nitrogens is 2. The molecule has 1 aliphatic carbocycles. The van der Waals surface area contributed by atoms with Gasteiger partial charge in [-0.05, 0) is 67.4 Å². The Morgan fingerprint density at radius 3 is 2.57 bits per heavy atom. The van der Waals surface area contributed by atoms with Crippen molar-refractivity contribution in [1.82, 2.24) is 15.1 Å². The summed E-state index contributed by atoms with van der Waals surface area (Å²) < 4.78 is 3.35. The number of hydrogen-bond acceptors (Lipinski definition) is 2. The first-order valence-corrected chi connectivity index (χ1v) is 9.30. The smallest absolute Gasteiger partial charge is 0.0701 e. The first-order valence-electron chi connectivity index (χ1n) is 8.50. The van der Waals surface area contributed by atoms with Gasteiger partial charge in [0.2, 0.25) is 0 Å². The molecule has 4 heteroatoms. The maximum atomic E-state index is 4.58. The van der Waals surface area contributed by atoms with E-state index in [4.69, 9.17) is 0 Å². The van der Waals surface area contributed by atoms with E-state index in [9.17, 15) is 0 Å². The highest BCUT2D eigenvalue weighted by Crippen LogP contribution is 2.39. The summed E-state index contributed by atoms with van der Waals surface area (Å²) in [6.07, 6.45) is 8.52. The van der Waals surface area contributed by atoms with Crippen LogP contribution in [0.4, 0.5) is 0 Å². The molecule has 120 valence electrons. The quantitative estimate of drug-likeness (QED) is 0.769. The van der Waals surface area contributed by atoms with E-state index < -0.39 is 0 Å². The molecule has 0 saturated heterocycles. The van der Waals surface area contributed by atoms with Gasteiger partial charge < -0.3 is 5.32 Å². The third-order valence-electron chi connectivity index (χ3n) is 4.72. The second kappa shape index (κ2) is 7.77. The van der Waals surface area contributed by atoms with Gasteiger partial charge in [-0.25, -0.2) is 0 Å². The highest BCUT2D eigenvalue weighted by atomic mass is 79.9. The second-order valence-electron chi connectivity index (χ2n) is 6.87. The molecule has 1 aromatic rings. The lowest BCUT2D eigenvalue weighted by Crippen LogP contribution is -2.33. The van der Waals surface area contributed by atoms with E-state index in [1.54, 1.807) is 0 Å². The first-order chi connectivity index (χ1) is 10.0. The van der Waals surface area contributed by atoms with Crippen molar-refractivity contribution in [3.05, 3.63) is 16.4 Å². The van der Waals surface area contributed by atoms with Crippen molar-refractivity contribution in [2.24, 2.45) is 11.8 Å². The molecule has 1 fully saturated rings. The normalized spacial score (nSPS) is 24.5. The number of rotatable bonds is 6. The summed E-state index contributed by atoms with van der Waals surface area (Å²) in [5.41, 5.74) is 1.35. The Morgan fingerprint density at radius 2 is 2.00 bits per heavy atom. The topological polar surface area (TPSA) is 29.9 Å². The fourth-order valence-electron chi connectivity index (χ4n) is 3.46. The lowest BCUT2D eigenvalue weighted by Gasteiger charge is -2.34. The SMILES string of the molecule is CCCNC(c1c(Br)cnn1C(C)C)C1CCC(C)CC1. The molecule has 0 radical (unpaired) electrons. The maximum Gasteiger partial charge on any atom is 0.0701 e.